The van der Waals surface area contributed by atoms with Crippen LogP contribution in [0.1, 0.15) is 24.2 Å². The molecule has 0 spiro atoms. The van der Waals surface area contributed by atoms with Crippen molar-refractivity contribution in [3.05, 3.63) is 35.9 Å². The van der Waals surface area contributed by atoms with Crippen LogP contribution in [0.3, 0.4) is 0 Å². The molecule has 16 heavy (non-hydrogen) atoms. The van der Waals surface area contributed by atoms with Crippen LogP contribution in [0.2, 0.25) is 0 Å². The second-order valence-corrected chi connectivity index (χ2v) is 5.38. The number of nitrogens with zero attached hydrogens (tertiary/aromatic N) is 1. The topological polar surface area (TPSA) is 20.3 Å². The number of carbonyl (C=O) groups excluding carboxylic acids is 1. The lowest BCUT2D eigenvalue weighted by molar-refractivity contribution is -0.128. The molecule has 1 aliphatic rings. The van der Waals surface area contributed by atoms with E-state index in [9.17, 15) is 4.79 Å². The first-order valence-corrected chi connectivity index (χ1v) is 6.74. The number of amides is 1. The Hall–Kier alpha value is -0.960. The van der Waals surface area contributed by atoms with Gasteiger partial charge in [0.05, 0.1) is 0 Å². The zero-order valence-corrected chi connectivity index (χ0v) is 10.4. The molecule has 0 bridgehead atoms. The Morgan fingerprint density at radius 1 is 1.31 bits per heavy atom. The van der Waals surface area contributed by atoms with Gasteiger partial charge in [-0.2, -0.15) is 11.8 Å². The van der Waals surface area contributed by atoms with E-state index >= 15 is 0 Å². The average molecular weight is 235 g/mol. The van der Waals surface area contributed by atoms with Gasteiger partial charge in [-0.05, 0) is 12.0 Å². The quantitative estimate of drug-likeness (QED) is 0.746. The van der Waals surface area contributed by atoms with Gasteiger partial charge in [0, 0.05) is 31.0 Å². The van der Waals surface area contributed by atoms with Gasteiger partial charge in [0.2, 0.25) is 5.91 Å². The van der Waals surface area contributed by atoms with Gasteiger partial charge in [0.15, 0.2) is 0 Å². The predicted octanol–water partition coefficient (Wildman–Crippen LogP) is 2.71. The van der Waals surface area contributed by atoms with Crippen molar-refractivity contribution in [3.63, 3.8) is 0 Å². The standard InChI is InChI=1S/C13H17NOS/c1-11(15)14-8-7-13(16-10-9-14)12-5-3-2-4-6-12/h2-6,13H,7-10H2,1H3. The molecule has 1 saturated heterocycles. The Balaban J connectivity index is 2.02. The number of carbonyl (C=O) groups is 1. The molecule has 1 amide bonds. The summed E-state index contributed by atoms with van der Waals surface area (Å²) in [7, 11) is 0. The van der Waals surface area contributed by atoms with E-state index in [0.29, 0.717) is 5.25 Å². The van der Waals surface area contributed by atoms with E-state index in [0.717, 1.165) is 25.3 Å². The van der Waals surface area contributed by atoms with Crippen molar-refractivity contribution < 1.29 is 4.79 Å². The van der Waals surface area contributed by atoms with Crippen LogP contribution in [0, 0.1) is 0 Å². The second kappa shape index (κ2) is 5.39. The van der Waals surface area contributed by atoms with Crippen molar-refractivity contribution in [2.75, 3.05) is 18.8 Å². The molecule has 86 valence electrons. The maximum atomic E-state index is 11.3. The number of rotatable bonds is 1. The van der Waals surface area contributed by atoms with E-state index in [1.807, 2.05) is 22.7 Å². The summed E-state index contributed by atoms with van der Waals surface area (Å²) in [5.74, 6) is 1.24. The van der Waals surface area contributed by atoms with Gasteiger partial charge in [0.25, 0.3) is 0 Å². The highest BCUT2D eigenvalue weighted by atomic mass is 32.2. The Morgan fingerprint density at radius 2 is 2.06 bits per heavy atom. The lowest BCUT2D eigenvalue weighted by Gasteiger charge is -2.17. The summed E-state index contributed by atoms with van der Waals surface area (Å²) in [6, 6.07) is 10.6. The summed E-state index contributed by atoms with van der Waals surface area (Å²) in [6.45, 7) is 3.44. The van der Waals surface area contributed by atoms with Crippen molar-refractivity contribution in [1.82, 2.24) is 4.90 Å². The molecule has 0 aromatic heterocycles. The van der Waals surface area contributed by atoms with Gasteiger partial charge < -0.3 is 4.90 Å². The van der Waals surface area contributed by atoms with Crippen LogP contribution in [0.5, 0.6) is 0 Å². The first kappa shape index (κ1) is 11.5. The van der Waals surface area contributed by atoms with E-state index in [1.165, 1.54) is 5.56 Å². The first-order chi connectivity index (χ1) is 7.77. The third-order valence-corrected chi connectivity index (χ3v) is 4.29. The van der Waals surface area contributed by atoms with Gasteiger partial charge in [-0.1, -0.05) is 30.3 Å². The summed E-state index contributed by atoms with van der Waals surface area (Å²) in [6.07, 6.45) is 1.06. The molecule has 1 atom stereocenters. The molecular weight excluding hydrogens is 218 g/mol. The fourth-order valence-electron chi connectivity index (χ4n) is 2.02. The van der Waals surface area contributed by atoms with Gasteiger partial charge in [-0.15, -0.1) is 0 Å². The van der Waals surface area contributed by atoms with Crippen LogP contribution in [-0.2, 0) is 4.79 Å². The molecule has 1 unspecified atom stereocenters. The monoisotopic (exact) mass is 235 g/mol. The van der Waals surface area contributed by atoms with Crippen LogP contribution in [0.25, 0.3) is 0 Å². The molecule has 3 heteroatoms. The number of hydrogen-bond acceptors (Lipinski definition) is 2. The number of thioether (sulfide) groups is 1. The van der Waals surface area contributed by atoms with E-state index in [1.54, 1.807) is 6.92 Å². The smallest absolute Gasteiger partial charge is 0.219 e. The summed E-state index contributed by atoms with van der Waals surface area (Å²) >= 11 is 1.96. The highest BCUT2D eigenvalue weighted by molar-refractivity contribution is 7.99. The second-order valence-electron chi connectivity index (χ2n) is 4.06. The minimum Gasteiger partial charge on any atom is -0.342 e. The molecule has 2 nitrogen and oxygen atoms in total. The summed E-state index contributed by atoms with van der Waals surface area (Å²) in [5, 5.41) is 0.547. The molecule has 1 fully saturated rings. The van der Waals surface area contributed by atoms with Gasteiger partial charge >= 0.3 is 0 Å². The minimum absolute atomic E-state index is 0.203. The van der Waals surface area contributed by atoms with Gasteiger partial charge in [-0.25, -0.2) is 0 Å². The zero-order valence-electron chi connectivity index (χ0n) is 9.56. The normalized spacial score (nSPS) is 21.6. The minimum atomic E-state index is 0.203. The van der Waals surface area contributed by atoms with Gasteiger partial charge in [0.1, 0.15) is 0 Å². The Bertz CT molecular complexity index is 352. The Morgan fingerprint density at radius 3 is 2.75 bits per heavy atom. The number of hydrogen-bond donors (Lipinski definition) is 0. The van der Waals surface area contributed by atoms with E-state index in [-0.39, 0.29) is 5.91 Å². The van der Waals surface area contributed by atoms with Crippen molar-refractivity contribution in [1.29, 1.82) is 0 Å². The predicted molar refractivity (Wildman–Crippen MR) is 68.5 cm³/mol. The van der Waals surface area contributed by atoms with E-state index in [4.69, 9.17) is 0 Å². The Kier molecular flexibility index (Phi) is 3.88. The van der Waals surface area contributed by atoms with Crippen molar-refractivity contribution >= 4 is 17.7 Å². The zero-order chi connectivity index (χ0) is 11.4. The first-order valence-electron chi connectivity index (χ1n) is 5.69. The molecule has 0 saturated carbocycles. The van der Waals surface area contributed by atoms with Gasteiger partial charge in [-0.3, -0.25) is 4.79 Å². The van der Waals surface area contributed by atoms with E-state index in [2.05, 4.69) is 24.3 Å². The molecule has 1 aliphatic heterocycles. The third-order valence-electron chi connectivity index (χ3n) is 2.96. The molecule has 0 aliphatic carbocycles. The van der Waals surface area contributed by atoms with Crippen LogP contribution >= 0.6 is 11.8 Å². The van der Waals surface area contributed by atoms with Crippen LogP contribution in [0.4, 0.5) is 0 Å². The molecule has 1 aromatic carbocycles. The molecular formula is C13H17NOS. The molecule has 0 radical (unpaired) electrons. The highest BCUT2D eigenvalue weighted by Crippen LogP contribution is 2.33. The largest absolute Gasteiger partial charge is 0.342 e. The number of benzene rings is 1. The third kappa shape index (κ3) is 2.79. The van der Waals surface area contributed by atoms with Crippen molar-refractivity contribution in [2.24, 2.45) is 0 Å². The summed E-state index contributed by atoms with van der Waals surface area (Å²) in [4.78, 5) is 13.3. The summed E-state index contributed by atoms with van der Waals surface area (Å²) < 4.78 is 0. The molecule has 1 heterocycles. The SMILES string of the molecule is CC(=O)N1CCSC(c2ccccc2)CC1. The lowest BCUT2D eigenvalue weighted by atomic mass is 10.1. The van der Waals surface area contributed by atoms with Crippen LogP contribution < -0.4 is 0 Å². The molecule has 1 aromatic rings. The maximum Gasteiger partial charge on any atom is 0.219 e. The fourth-order valence-corrected chi connectivity index (χ4v) is 3.25. The molecule has 2 rings (SSSR count). The lowest BCUT2D eigenvalue weighted by Crippen LogP contribution is -2.30. The van der Waals surface area contributed by atoms with Crippen molar-refractivity contribution in [3.8, 4) is 0 Å². The Labute approximate surface area is 101 Å². The summed E-state index contributed by atoms with van der Waals surface area (Å²) in [5.41, 5.74) is 1.39. The maximum absolute atomic E-state index is 11.3. The fraction of sp³-hybridized carbons (Fsp3) is 0.462. The highest BCUT2D eigenvalue weighted by Gasteiger charge is 2.19. The van der Waals surface area contributed by atoms with Crippen molar-refractivity contribution in [2.45, 2.75) is 18.6 Å². The average Bonchev–Trinajstić information content (AvgIpc) is 2.55. The van der Waals surface area contributed by atoms with Crippen LogP contribution in [-0.4, -0.2) is 29.6 Å². The molecule has 0 N–H and O–H groups in total. The van der Waals surface area contributed by atoms with Crippen LogP contribution in [0.15, 0.2) is 30.3 Å². The van der Waals surface area contributed by atoms with E-state index < -0.39 is 0 Å².